The van der Waals surface area contributed by atoms with Crippen LogP contribution in [0.2, 0.25) is 0 Å². The van der Waals surface area contributed by atoms with Gasteiger partial charge in [0, 0.05) is 11.3 Å². The van der Waals surface area contributed by atoms with E-state index in [1.807, 2.05) is 0 Å². The maximum absolute atomic E-state index is 11.7. The highest BCUT2D eigenvalue weighted by molar-refractivity contribution is 9.25. The SMILES string of the molecule is COC(=O)c1cccc2c1C(Br)(Br)C(=O)N2. The number of nitrogens with one attached hydrogen (secondary N) is 1. The Labute approximate surface area is 109 Å². The second kappa shape index (κ2) is 3.85. The van der Waals surface area contributed by atoms with E-state index in [-0.39, 0.29) is 5.91 Å². The van der Waals surface area contributed by atoms with Crippen LogP contribution in [0.3, 0.4) is 0 Å². The molecule has 0 spiro atoms. The van der Waals surface area contributed by atoms with Crippen molar-refractivity contribution in [3.63, 3.8) is 0 Å². The molecule has 0 bridgehead atoms. The number of anilines is 1. The first kappa shape index (κ1) is 11.6. The number of methoxy groups -OCH3 is 1. The van der Waals surface area contributed by atoms with Crippen LogP contribution >= 0.6 is 31.9 Å². The minimum atomic E-state index is -1.07. The summed E-state index contributed by atoms with van der Waals surface area (Å²) in [5.41, 5.74) is 1.50. The van der Waals surface area contributed by atoms with Crippen molar-refractivity contribution in [1.29, 1.82) is 0 Å². The Morgan fingerprint density at radius 3 is 2.75 bits per heavy atom. The van der Waals surface area contributed by atoms with Gasteiger partial charge in [-0.2, -0.15) is 0 Å². The first-order chi connectivity index (χ1) is 7.48. The fraction of sp³-hybridized carbons (Fsp3) is 0.200. The van der Waals surface area contributed by atoms with Crippen LogP contribution in [0.1, 0.15) is 15.9 Å². The summed E-state index contributed by atoms with van der Waals surface area (Å²) in [5.74, 6) is -0.740. The molecule has 1 N–H and O–H groups in total. The average molecular weight is 349 g/mol. The summed E-state index contributed by atoms with van der Waals surface area (Å²) in [5, 5.41) is 2.67. The molecule has 1 aliphatic heterocycles. The monoisotopic (exact) mass is 347 g/mol. The van der Waals surface area contributed by atoms with E-state index in [0.717, 1.165) is 0 Å². The summed E-state index contributed by atoms with van der Waals surface area (Å²) in [6, 6.07) is 5.03. The number of rotatable bonds is 1. The highest BCUT2D eigenvalue weighted by Gasteiger charge is 2.45. The van der Waals surface area contributed by atoms with Gasteiger partial charge < -0.3 is 10.1 Å². The van der Waals surface area contributed by atoms with Gasteiger partial charge in [0.05, 0.1) is 12.7 Å². The van der Waals surface area contributed by atoms with Crippen molar-refractivity contribution in [1.82, 2.24) is 0 Å². The van der Waals surface area contributed by atoms with Gasteiger partial charge in [0.15, 0.2) is 3.23 Å². The Balaban J connectivity index is 2.66. The predicted molar refractivity (Wildman–Crippen MR) is 65.9 cm³/mol. The van der Waals surface area contributed by atoms with Crippen LogP contribution in [0, 0.1) is 0 Å². The van der Waals surface area contributed by atoms with Gasteiger partial charge in [0.1, 0.15) is 0 Å². The summed E-state index contributed by atoms with van der Waals surface area (Å²) in [7, 11) is 1.30. The van der Waals surface area contributed by atoms with Crippen LogP contribution in [0.4, 0.5) is 5.69 Å². The second-order valence-electron chi connectivity index (χ2n) is 3.25. The molecule has 1 amide bonds. The third-order valence-electron chi connectivity index (χ3n) is 2.32. The molecule has 16 heavy (non-hydrogen) atoms. The van der Waals surface area contributed by atoms with Crippen LogP contribution in [0.25, 0.3) is 0 Å². The van der Waals surface area contributed by atoms with Gasteiger partial charge in [0.25, 0.3) is 5.91 Å². The van der Waals surface area contributed by atoms with E-state index in [2.05, 4.69) is 41.9 Å². The van der Waals surface area contributed by atoms with E-state index >= 15 is 0 Å². The Morgan fingerprint density at radius 1 is 1.44 bits per heavy atom. The van der Waals surface area contributed by atoms with Crippen molar-refractivity contribution in [2.24, 2.45) is 0 Å². The molecule has 1 aromatic carbocycles. The molecule has 84 valence electrons. The van der Waals surface area contributed by atoms with Crippen molar-refractivity contribution >= 4 is 49.4 Å². The van der Waals surface area contributed by atoms with Crippen LogP contribution < -0.4 is 5.32 Å². The van der Waals surface area contributed by atoms with Crippen molar-refractivity contribution < 1.29 is 14.3 Å². The minimum absolute atomic E-state index is 0.265. The van der Waals surface area contributed by atoms with E-state index in [4.69, 9.17) is 0 Å². The second-order valence-corrected chi connectivity index (χ2v) is 6.69. The first-order valence-corrected chi connectivity index (χ1v) is 5.98. The van der Waals surface area contributed by atoms with E-state index in [1.165, 1.54) is 7.11 Å². The number of carbonyl (C=O) groups is 2. The fourth-order valence-electron chi connectivity index (χ4n) is 1.59. The number of esters is 1. The first-order valence-electron chi connectivity index (χ1n) is 4.39. The molecule has 0 radical (unpaired) electrons. The number of benzene rings is 1. The fourth-order valence-corrected chi connectivity index (χ4v) is 2.64. The summed E-state index contributed by atoms with van der Waals surface area (Å²) in [6.45, 7) is 0. The predicted octanol–water partition coefficient (Wildman–Crippen LogP) is 2.37. The molecule has 2 rings (SSSR count). The van der Waals surface area contributed by atoms with E-state index in [9.17, 15) is 9.59 Å². The van der Waals surface area contributed by atoms with E-state index < -0.39 is 9.20 Å². The Morgan fingerprint density at radius 2 is 2.12 bits per heavy atom. The molecule has 1 aliphatic rings. The molecule has 6 heteroatoms. The Bertz CT molecular complexity index is 485. The highest BCUT2D eigenvalue weighted by atomic mass is 79.9. The number of carbonyl (C=O) groups excluding carboxylic acids is 2. The van der Waals surface area contributed by atoms with Crippen molar-refractivity contribution in [2.75, 3.05) is 12.4 Å². The molecule has 0 aromatic heterocycles. The normalized spacial score (nSPS) is 16.6. The molecule has 0 aliphatic carbocycles. The zero-order chi connectivity index (χ0) is 11.9. The van der Waals surface area contributed by atoms with Crippen molar-refractivity contribution in [3.05, 3.63) is 29.3 Å². The lowest BCUT2D eigenvalue weighted by atomic mass is 10.0. The molecule has 4 nitrogen and oxygen atoms in total. The molecular formula is C10H7Br2NO3. The summed E-state index contributed by atoms with van der Waals surface area (Å²) < 4.78 is 3.60. The number of amides is 1. The topological polar surface area (TPSA) is 55.4 Å². The summed E-state index contributed by atoms with van der Waals surface area (Å²) in [6.07, 6.45) is 0. The van der Waals surface area contributed by atoms with Gasteiger partial charge in [-0.25, -0.2) is 4.79 Å². The number of fused-ring (bicyclic) bond motifs is 1. The van der Waals surface area contributed by atoms with Gasteiger partial charge in [-0.1, -0.05) is 37.9 Å². The Kier molecular flexibility index (Phi) is 2.79. The zero-order valence-electron chi connectivity index (χ0n) is 8.21. The third-order valence-corrected chi connectivity index (χ3v) is 3.83. The largest absolute Gasteiger partial charge is 0.465 e. The van der Waals surface area contributed by atoms with Crippen LogP contribution in [-0.2, 0) is 12.8 Å². The molecule has 0 unspecified atom stereocenters. The van der Waals surface area contributed by atoms with Gasteiger partial charge in [0.2, 0.25) is 0 Å². The quantitative estimate of drug-likeness (QED) is 0.626. The molecule has 1 heterocycles. The molecule has 0 saturated heterocycles. The minimum Gasteiger partial charge on any atom is -0.465 e. The molecule has 0 atom stereocenters. The molecule has 0 fully saturated rings. The maximum Gasteiger partial charge on any atom is 0.338 e. The van der Waals surface area contributed by atoms with Crippen LogP contribution in [0.5, 0.6) is 0 Å². The van der Waals surface area contributed by atoms with Gasteiger partial charge in [-0.05, 0) is 12.1 Å². The number of hydrogen-bond acceptors (Lipinski definition) is 3. The lowest BCUT2D eigenvalue weighted by molar-refractivity contribution is -0.115. The average Bonchev–Trinajstić information content (AvgIpc) is 2.49. The molecule has 0 saturated carbocycles. The maximum atomic E-state index is 11.7. The van der Waals surface area contributed by atoms with Crippen LogP contribution in [0.15, 0.2) is 18.2 Å². The van der Waals surface area contributed by atoms with Gasteiger partial charge in [-0.3, -0.25) is 4.79 Å². The summed E-state index contributed by atoms with van der Waals surface area (Å²) >= 11 is 6.50. The number of halogens is 2. The molecule has 1 aromatic rings. The Hall–Kier alpha value is -0.880. The number of alkyl halides is 2. The van der Waals surface area contributed by atoms with Gasteiger partial charge in [-0.15, -0.1) is 0 Å². The van der Waals surface area contributed by atoms with Crippen molar-refractivity contribution in [2.45, 2.75) is 3.23 Å². The van der Waals surface area contributed by atoms with Gasteiger partial charge >= 0.3 is 5.97 Å². The van der Waals surface area contributed by atoms with Crippen molar-refractivity contribution in [3.8, 4) is 0 Å². The van der Waals surface area contributed by atoms with E-state index in [0.29, 0.717) is 16.8 Å². The standard InChI is InChI=1S/C10H7Br2NO3/c1-16-8(14)5-3-2-4-6-7(5)10(11,12)9(15)13-6/h2-4H,1H3,(H,13,15). The zero-order valence-corrected chi connectivity index (χ0v) is 11.4. The third kappa shape index (κ3) is 1.56. The molecular weight excluding hydrogens is 342 g/mol. The number of ether oxygens (including phenoxy) is 1. The smallest absolute Gasteiger partial charge is 0.338 e. The van der Waals surface area contributed by atoms with Crippen LogP contribution in [-0.4, -0.2) is 19.0 Å². The lowest BCUT2D eigenvalue weighted by Crippen LogP contribution is -2.22. The lowest BCUT2D eigenvalue weighted by Gasteiger charge is -2.13. The highest BCUT2D eigenvalue weighted by Crippen LogP contribution is 2.49. The number of hydrogen-bond donors (Lipinski definition) is 1. The summed E-state index contributed by atoms with van der Waals surface area (Å²) in [4.78, 5) is 23.2. The van der Waals surface area contributed by atoms with E-state index in [1.54, 1.807) is 18.2 Å².